The van der Waals surface area contributed by atoms with Gasteiger partial charge in [0.2, 0.25) is 35.4 Å². The molecular formula is C102H76Br5Cl2N23O11S2. The van der Waals surface area contributed by atoms with Crippen LogP contribution in [-0.4, -0.2) is 87.5 Å². The van der Waals surface area contributed by atoms with Crippen molar-refractivity contribution in [1.29, 1.82) is 5.41 Å². The van der Waals surface area contributed by atoms with Crippen molar-refractivity contribution in [3.63, 3.8) is 0 Å². The quantitative estimate of drug-likeness (QED) is 0.00691. The Balaban J connectivity index is 0.000000171. The number of nitrogens with zero attached hydrogens (tertiary/aromatic N) is 18. The van der Waals surface area contributed by atoms with E-state index in [9.17, 15) is 19.2 Å². The van der Waals surface area contributed by atoms with Crippen LogP contribution in [0.3, 0.4) is 0 Å². The van der Waals surface area contributed by atoms with Gasteiger partial charge in [-0.3, -0.25) is 24.6 Å². The molecule has 18 rings (SSSR count). The largest absolute Gasteiger partial charge is 0.449 e. The SMILES string of the molecule is CC(N)=O.N=C(c1ccc(-c2coc(CNC(=O)c3ccc(Cl)s3)n2)cc1)N1CCCC1.[C-]#[N+]c1ccc(-c2coc(C)n2)cc1.[C-]#[N+]c1ccc(-c2coc(CN)n2)cc1.[C-]#[N+]c1ccc(-c2coc(CNC(=O)c3ccc(Cl)s3)n2)cc1.[C-]#[N+]c1ccc(-c2nc(C)oc2Br)cc1.[C-]#[N+]c1ccc(-c2nc(CBr)oc2Br)cc1.[C-]#[N+]c1ccc(-c2nc(CN=[N+]=[N-])oc2Br)cc1.[C-]#[N+]c1ccc(C(=O)CBr)cc1. The van der Waals surface area contributed by atoms with Gasteiger partial charge < -0.3 is 57.9 Å². The summed E-state index contributed by atoms with van der Waals surface area (Å²) in [6.45, 7) is 55.4. The lowest BCUT2D eigenvalue weighted by atomic mass is 10.1. The van der Waals surface area contributed by atoms with Crippen molar-refractivity contribution < 1.29 is 50.1 Å². The van der Waals surface area contributed by atoms with E-state index in [1.807, 2.05) is 72.8 Å². The number of aryl methyl sites for hydroxylation is 2. The molecule has 726 valence electrons. The fraction of sp³-hybridized carbons (Fsp3) is 0.127. The third kappa shape index (κ3) is 34.3. The zero-order valence-corrected chi connectivity index (χ0v) is 87.4. The van der Waals surface area contributed by atoms with E-state index in [-0.39, 0.29) is 43.1 Å². The second-order valence-electron chi connectivity index (χ2n) is 29.1. The number of nitrogens with two attached hydrogens (primary N) is 2. The van der Waals surface area contributed by atoms with E-state index in [0.29, 0.717) is 159 Å². The van der Waals surface area contributed by atoms with Gasteiger partial charge >= 0.3 is 0 Å². The Bertz CT molecular complexity index is 7630. The van der Waals surface area contributed by atoms with Crippen molar-refractivity contribution >= 4 is 195 Å². The maximum atomic E-state index is 12.1. The Morgan fingerprint density at radius 3 is 1.06 bits per heavy atom. The molecular weight excluding hydrogens is 2260 g/mol. The van der Waals surface area contributed by atoms with E-state index < -0.39 is 0 Å². The molecule has 3 amide bonds. The van der Waals surface area contributed by atoms with Crippen LogP contribution >= 0.6 is 126 Å². The molecule has 1 aliphatic heterocycles. The summed E-state index contributed by atoms with van der Waals surface area (Å²) in [5.74, 6) is 3.42. The number of rotatable bonds is 20. The maximum absolute atomic E-state index is 12.1. The number of primary amides is 1. The number of likely N-dealkylation sites (tertiary alicyclic amines) is 1. The van der Waals surface area contributed by atoms with Crippen LogP contribution < -0.4 is 22.1 Å². The van der Waals surface area contributed by atoms with Crippen molar-refractivity contribution in [3.8, 4) is 78.8 Å². The van der Waals surface area contributed by atoms with Gasteiger partial charge in [-0.2, -0.15) is 0 Å². The molecule has 34 nitrogen and oxygen atoms in total. The average molecular weight is 2330 g/mol. The molecule has 1 fully saturated rings. The first-order valence-corrected chi connectivity index (χ1v) is 49.3. The van der Waals surface area contributed by atoms with Crippen molar-refractivity contribution in [2.45, 2.75) is 65.1 Å². The number of oxazole rings is 7. The van der Waals surface area contributed by atoms with Gasteiger partial charge in [0, 0.05) is 88.8 Å². The van der Waals surface area contributed by atoms with Crippen LogP contribution in [-0.2, 0) is 36.3 Å². The zero-order valence-electron chi connectivity index (χ0n) is 76.3. The molecule has 7 N–H and O–H groups in total. The number of thiophene rings is 2. The predicted octanol–water partition coefficient (Wildman–Crippen LogP) is 29.8. The van der Waals surface area contributed by atoms with E-state index >= 15 is 0 Å². The van der Waals surface area contributed by atoms with Crippen LogP contribution in [0.1, 0.15) is 96.3 Å². The summed E-state index contributed by atoms with van der Waals surface area (Å²) in [5, 5.41) is 18.1. The minimum Gasteiger partial charge on any atom is -0.449 e. The van der Waals surface area contributed by atoms with Gasteiger partial charge in [-0.05, 0) is 90.4 Å². The van der Waals surface area contributed by atoms with Gasteiger partial charge in [0.1, 0.15) is 77.3 Å². The van der Waals surface area contributed by atoms with Gasteiger partial charge in [-0.1, -0.05) is 254 Å². The summed E-state index contributed by atoms with van der Waals surface area (Å²) in [4.78, 5) is 103. The fourth-order valence-corrected chi connectivity index (χ4v) is 16.2. The van der Waals surface area contributed by atoms with Crippen LogP contribution in [0.15, 0.2) is 293 Å². The molecule has 17 aromatic rings. The molecule has 0 bridgehead atoms. The second-order valence-corrected chi connectivity index (χ2v) is 35.9. The molecule has 145 heavy (non-hydrogen) atoms. The summed E-state index contributed by atoms with van der Waals surface area (Å²) in [6.07, 6.45) is 8.58. The minimum absolute atomic E-state index is 0.0338. The normalized spacial score (nSPS) is 10.5. The Morgan fingerprint density at radius 1 is 0.434 bits per heavy atom. The molecule has 1 saturated heterocycles. The number of amidine groups is 1. The van der Waals surface area contributed by atoms with Crippen LogP contribution in [0.4, 0.5) is 39.8 Å². The third-order valence-electron chi connectivity index (χ3n) is 19.2. The number of carbonyl (C=O) groups is 4. The number of hydrogen-bond acceptors (Lipinski definition) is 23. The number of nitrogens with one attached hydrogen (secondary N) is 3. The number of alkyl halides is 2. The number of hydrogen-bond donors (Lipinski definition) is 5. The predicted molar refractivity (Wildman–Crippen MR) is 571 cm³/mol. The molecule has 0 aliphatic carbocycles. The topological polar surface area (TPSA) is 433 Å². The first kappa shape index (κ1) is 111. The van der Waals surface area contributed by atoms with E-state index in [0.717, 1.165) is 93.2 Å². The number of halogens is 7. The van der Waals surface area contributed by atoms with Crippen LogP contribution in [0.25, 0.3) is 123 Å². The summed E-state index contributed by atoms with van der Waals surface area (Å²) >= 11 is 30.3. The molecule has 0 spiro atoms. The lowest BCUT2D eigenvalue weighted by Crippen LogP contribution is -2.27. The molecule has 1 aliphatic rings. The number of azide groups is 1. The maximum Gasteiger partial charge on any atom is 0.261 e. The van der Waals surface area contributed by atoms with E-state index in [1.54, 1.807) is 178 Å². The number of benzene rings is 8. The smallest absolute Gasteiger partial charge is 0.261 e. The van der Waals surface area contributed by atoms with E-state index in [2.05, 4.69) is 180 Å². The van der Waals surface area contributed by atoms with Crippen LogP contribution in [0.2, 0.25) is 8.67 Å². The van der Waals surface area contributed by atoms with Crippen molar-refractivity contribution in [1.82, 2.24) is 50.4 Å². The molecule has 10 heterocycles. The number of amides is 3. The average Bonchev–Trinajstić information content (AvgIpc) is 1.70. The monoisotopic (exact) mass is 2330 g/mol. The van der Waals surface area contributed by atoms with Gasteiger partial charge in [0.25, 0.3) is 11.8 Å². The Morgan fingerprint density at radius 2 is 0.752 bits per heavy atom. The van der Waals surface area contributed by atoms with Crippen LogP contribution in [0, 0.1) is 65.3 Å². The Hall–Kier alpha value is -16.1. The Kier molecular flexibility index (Phi) is 43.6. The lowest BCUT2D eigenvalue weighted by Gasteiger charge is -2.18. The molecule has 0 radical (unpaired) electrons. The molecule has 9 aromatic heterocycles. The standard InChI is InChI=1S/C20H19ClN4O2S.C16H10ClN3O2S.C11H6Br2N2O.C11H6BrN5O.C11H7BrN2O.C11H9N3O.C11H8N2O.C9H6BrNO.C2H5NO/c21-17-8-7-16(28-17)20(26)23-11-18-24-15(12-27-18)13-3-5-14(6-4-13)19(22)25-9-1-2-10-25;1-18-11-4-2-10(3-5-11)12-9-22-15(20-12)8-19-16(21)13-6-7-14(17)23-13;1-14-8-4-2-7(3-5-8)10-11(13)16-9(6-12)15-10;1-14-8-4-2-7(3-5-8)10-11(12)18-9(16-10)6-15-17-13;1-7-14-10(11(12)15-7)8-3-5-9(13-2)6-4-8;1-13-9-4-2-8(3-5-9)10-7-15-11(6-12)14-10;1-8-13-11(7-14-8)9-3-5-10(12-2)6-4-9;1-11-8-4-2-7(3-5-8)9(12)6-10;1-2(3)4/h3-8,12,22H,1-2,9-11H2,(H,23,26);2-7,9H,8H2,(H,19,21);2-5H,6H2;2-5H,6H2;3-6H,1H3;2-5,7H,6,12H2;3-7H,1H3;2-5H,6H2;1H3,(H2,3,4). The van der Waals surface area contributed by atoms with Crippen LogP contribution in [0.5, 0.6) is 0 Å². The zero-order chi connectivity index (χ0) is 104. The van der Waals surface area contributed by atoms with Crippen molar-refractivity contribution in [2.24, 2.45) is 16.6 Å². The highest BCUT2D eigenvalue weighted by Crippen LogP contribution is 2.36. The first-order chi connectivity index (χ1) is 70.1. The molecule has 0 unspecified atom stereocenters. The highest BCUT2D eigenvalue weighted by Gasteiger charge is 2.21. The van der Waals surface area contributed by atoms with E-state index in [4.69, 9.17) is 117 Å². The summed E-state index contributed by atoms with van der Waals surface area (Å²) in [5.41, 5.74) is 35.2. The molecule has 43 heteroatoms. The fourth-order valence-electron chi connectivity index (χ4n) is 12.2. The highest BCUT2D eigenvalue weighted by atomic mass is 79.9. The number of ketones is 1. The highest BCUT2D eigenvalue weighted by molar-refractivity contribution is 9.11. The summed E-state index contributed by atoms with van der Waals surface area (Å²) in [7, 11) is 0. The lowest BCUT2D eigenvalue weighted by molar-refractivity contribution is -0.116. The first-order valence-electron chi connectivity index (χ1n) is 42.3. The summed E-state index contributed by atoms with van der Waals surface area (Å²) < 4.78 is 39.9. The Labute approximate surface area is 890 Å². The van der Waals surface area contributed by atoms with Crippen molar-refractivity contribution in [2.75, 3.05) is 18.4 Å². The number of carbonyl (C=O) groups excluding carboxylic acids is 4. The van der Waals surface area contributed by atoms with Gasteiger partial charge in [-0.15, -0.1) is 22.7 Å². The molecule has 0 atom stereocenters. The number of Topliss-reactive ketones (excluding diaryl/α,β-unsaturated/α-hetero) is 1. The third-order valence-corrected chi connectivity index (χ3v) is 24.2. The summed E-state index contributed by atoms with van der Waals surface area (Å²) in [6, 6.07) is 64.0. The van der Waals surface area contributed by atoms with Gasteiger partial charge in [0.05, 0.1) is 94.7 Å². The van der Waals surface area contributed by atoms with Crippen molar-refractivity contribution in [3.05, 3.63) is 419 Å². The minimum atomic E-state index is -0.333. The van der Waals surface area contributed by atoms with Gasteiger partial charge in [0.15, 0.2) is 71.4 Å². The van der Waals surface area contributed by atoms with Gasteiger partial charge in [-0.25, -0.2) is 68.8 Å². The number of aromatic nitrogens is 7. The van der Waals surface area contributed by atoms with E-state index in [1.165, 1.54) is 35.9 Å². The molecule has 0 saturated carbocycles. The molecule has 8 aromatic carbocycles. The second kappa shape index (κ2) is 57.1.